The monoisotopic (exact) mass is 316 g/mol. The van der Waals surface area contributed by atoms with Gasteiger partial charge < -0.3 is 14.6 Å². The van der Waals surface area contributed by atoms with Crippen molar-refractivity contribution < 1.29 is 9.26 Å². The Morgan fingerprint density at radius 1 is 1.14 bits per heavy atom. The van der Waals surface area contributed by atoms with Crippen LogP contribution >= 0.6 is 11.6 Å². The van der Waals surface area contributed by atoms with E-state index in [4.69, 9.17) is 20.9 Å². The zero-order valence-corrected chi connectivity index (χ0v) is 12.8. The summed E-state index contributed by atoms with van der Waals surface area (Å²) in [5.74, 6) is 1.81. The lowest BCUT2D eigenvalue weighted by molar-refractivity contribution is 0.415. The first-order chi connectivity index (χ1) is 10.6. The van der Waals surface area contributed by atoms with Crippen LogP contribution in [0, 0.1) is 6.92 Å². The van der Waals surface area contributed by atoms with Gasteiger partial charge in [0.05, 0.1) is 7.11 Å². The number of anilines is 2. The summed E-state index contributed by atoms with van der Waals surface area (Å²) in [6, 6.07) is 11.1. The molecule has 0 saturated carbocycles. The highest BCUT2D eigenvalue weighted by Crippen LogP contribution is 2.25. The highest BCUT2D eigenvalue weighted by atomic mass is 35.5. The highest BCUT2D eigenvalue weighted by Gasteiger charge is 2.08. The first kappa shape index (κ1) is 14.3. The van der Waals surface area contributed by atoms with E-state index in [2.05, 4.69) is 20.4 Å². The molecule has 0 aliphatic carbocycles. The standard InChI is InChI=1S/C15H13ClN4O2/c1-9-7-13(19-15(16)17-9)18-14-8-12(20-22-14)10-3-5-11(21-2)6-4-10/h3-8H,1-2H3,(H,17,18,19). The van der Waals surface area contributed by atoms with Crippen molar-refractivity contribution in [2.24, 2.45) is 0 Å². The van der Waals surface area contributed by atoms with Crippen LogP contribution in [-0.4, -0.2) is 22.2 Å². The molecule has 112 valence electrons. The summed E-state index contributed by atoms with van der Waals surface area (Å²) in [5.41, 5.74) is 2.40. The van der Waals surface area contributed by atoms with Crippen molar-refractivity contribution in [2.75, 3.05) is 12.4 Å². The number of nitrogens with zero attached hydrogens (tertiary/aromatic N) is 3. The largest absolute Gasteiger partial charge is 0.497 e. The van der Waals surface area contributed by atoms with Crippen molar-refractivity contribution in [3.8, 4) is 17.0 Å². The van der Waals surface area contributed by atoms with E-state index in [1.165, 1.54) is 0 Å². The molecule has 3 rings (SSSR count). The van der Waals surface area contributed by atoms with Crippen LogP contribution in [0.1, 0.15) is 5.69 Å². The molecule has 1 aromatic carbocycles. The number of hydrogen-bond acceptors (Lipinski definition) is 6. The SMILES string of the molecule is COc1ccc(-c2cc(Nc3cc(C)nc(Cl)n3)on2)cc1. The molecular formula is C15H13ClN4O2. The van der Waals surface area contributed by atoms with Gasteiger partial charge in [-0.05, 0) is 42.8 Å². The molecule has 0 spiro atoms. The molecule has 7 heteroatoms. The second-order valence-corrected chi connectivity index (χ2v) is 4.93. The summed E-state index contributed by atoms with van der Waals surface area (Å²) in [6.07, 6.45) is 0. The number of nitrogens with one attached hydrogen (secondary N) is 1. The van der Waals surface area contributed by atoms with Gasteiger partial charge in [0.25, 0.3) is 0 Å². The number of methoxy groups -OCH3 is 1. The highest BCUT2D eigenvalue weighted by molar-refractivity contribution is 6.28. The van der Waals surface area contributed by atoms with Crippen molar-refractivity contribution >= 4 is 23.3 Å². The van der Waals surface area contributed by atoms with Crippen molar-refractivity contribution in [3.05, 3.63) is 47.4 Å². The first-order valence-electron chi connectivity index (χ1n) is 6.53. The Morgan fingerprint density at radius 3 is 2.59 bits per heavy atom. The van der Waals surface area contributed by atoms with Crippen LogP contribution in [0.25, 0.3) is 11.3 Å². The molecule has 0 aliphatic heterocycles. The Hall–Kier alpha value is -2.60. The molecular weight excluding hydrogens is 304 g/mol. The molecule has 0 aliphatic rings. The molecule has 0 unspecified atom stereocenters. The van der Waals surface area contributed by atoms with Gasteiger partial charge in [0, 0.05) is 23.4 Å². The van der Waals surface area contributed by atoms with E-state index < -0.39 is 0 Å². The van der Waals surface area contributed by atoms with Crippen LogP contribution in [0.15, 0.2) is 40.9 Å². The number of aromatic nitrogens is 3. The van der Waals surface area contributed by atoms with Gasteiger partial charge in [0.15, 0.2) is 0 Å². The van der Waals surface area contributed by atoms with E-state index >= 15 is 0 Å². The minimum atomic E-state index is 0.178. The summed E-state index contributed by atoms with van der Waals surface area (Å²) in [5, 5.41) is 7.22. The van der Waals surface area contributed by atoms with E-state index in [9.17, 15) is 0 Å². The van der Waals surface area contributed by atoms with Crippen LogP contribution in [0.3, 0.4) is 0 Å². The maximum Gasteiger partial charge on any atom is 0.230 e. The van der Waals surface area contributed by atoms with Gasteiger partial charge in [-0.2, -0.15) is 0 Å². The molecule has 2 aromatic heterocycles. The number of ether oxygens (including phenoxy) is 1. The lowest BCUT2D eigenvalue weighted by atomic mass is 10.1. The van der Waals surface area contributed by atoms with Crippen molar-refractivity contribution in [3.63, 3.8) is 0 Å². The average molecular weight is 317 g/mol. The Bertz CT molecular complexity index is 766. The van der Waals surface area contributed by atoms with Crippen molar-refractivity contribution in [1.29, 1.82) is 0 Å². The van der Waals surface area contributed by atoms with Crippen molar-refractivity contribution in [1.82, 2.24) is 15.1 Å². The molecule has 3 aromatic rings. The topological polar surface area (TPSA) is 73.1 Å². The number of benzene rings is 1. The molecule has 1 N–H and O–H groups in total. The summed E-state index contributed by atoms with van der Waals surface area (Å²) in [4.78, 5) is 8.07. The lowest BCUT2D eigenvalue weighted by Gasteiger charge is -2.02. The summed E-state index contributed by atoms with van der Waals surface area (Å²) >= 11 is 5.83. The second kappa shape index (κ2) is 6.03. The third-order valence-corrected chi connectivity index (χ3v) is 3.14. The summed E-state index contributed by atoms with van der Waals surface area (Å²) < 4.78 is 10.4. The maximum atomic E-state index is 5.83. The predicted molar refractivity (Wildman–Crippen MR) is 83.6 cm³/mol. The zero-order valence-electron chi connectivity index (χ0n) is 12.0. The molecule has 0 radical (unpaired) electrons. The van der Waals surface area contributed by atoms with Gasteiger partial charge in [-0.25, -0.2) is 9.97 Å². The van der Waals surface area contributed by atoms with Crippen LogP contribution in [0.5, 0.6) is 5.75 Å². The van der Waals surface area contributed by atoms with Gasteiger partial charge in [-0.15, -0.1) is 0 Å². The smallest absolute Gasteiger partial charge is 0.230 e. The first-order valence-corrected chi connectivity index (χ1v) is 6.91. The number of halogens is 1. The molecule has 22 heavy (non-hydrogen) atoms. The fraction of sp³-hybridized carbons (Fsp3) is 0.133. The quantitative estimate of drug-likeness (QED) is 0.737. The molecule has 0 amide bonds. The maximum absolute atomic E-state index is 5.83. The Labute approximate surface area is 132 Å². The Balaban J connectivity index is 1.80. The zero-order chi connectivity index (χ0) is 15.5. The lowest BCUT2D eigenvalue weighted by Crippen LogP contribution is -1.95. The minimum absolute atomic E-state index is 0.178. The van der Waals surface area contributed by atoms with Gasteiger partial charge in [-0.1, -0.05) is 5.16 Å². The van der Waals surface area contributed by atoms with Gasteiger partial charge in [0.2, 0.25) is 11.2 Å². The number of aryl methyl sites for hydroxylation is 1. The molecule has 0 atom stereocenters. The summed E-state index contributed by atoms with van der Waals surface area (Å²) in [7, 11) is 1.63. The van der Waals surface area contributed by atoms with Gasteiger partial charge in [0.1, 0.15) is 17.3 Å². The number of hydrogen-bond donors (Lipinski definition) is 1. The fourth-order valence-corrected chi connectivity index (χ4v) is 2.18. The van der Waals surface area contributed by atoms with E-state index in [0.29, 0.717) is 17.4 Å². The summed E-state index contributed by atoms with van der Waals surface area (Å²) in [6.45, 7) is 1.84. The third-order valence-electron chi connectivity index (χ3n) is 2.97. The van der Waals surface area contributed by atoms with Gasteiger partial charge in [-0.3, -0.25) is 0 Å². The van der Waals surface area contributed by atoms with Gasteiger partial charge >= 0.3 is 0 Å². The van der Waals surface area contributed by atoms with Crippen LogP contribution < -0.4 is 10.1 Å². The van der Waals surface area contributed by atoms with E-state index in [1.54, 1.807) is 19.2 Å². The number of rotatable bonds is 4. The molecule has 0 saturated heterocycles. The van der Waals surface area contributed by atoms with Crippen LogP contribution in [0.4, 0.5) is 11.7 Å². The average Bonchev–Trinajstić information content (AvgIpc) is 2.95. The molecule has 2 heterocycles. The molecule has 0 fully saturated rings. The normalized spacial score (nSPS) is 10.5. The fourth-order valence-electron chi connectivity index (χ4n) is 1.95. The predicted octanol–water partition coefficient (Wildman–Crippen LogP) is 3.85. The molecule has 0 bridgehead atoms. The van der Waals surface area contributed by atoms with E-state index in [-0.39, 0.29) is 5.28 Å². The second-order valence-electron chi connectivity index (χ2n) is 4.59. The minimum Gasteiger partial charge on any atom is -0.497 e. The van der Waals surface area contributed by atoms with E-state index in [0.717, 1.165) is 17.0 Å². The van der Waals surface area contributed by atoms with Crippen molar-refractivity contribution in [2.45, 2.75) is 6.92 Å². The van der Waals surface area contributed by atoms with E-state index in [1.807, 2.05) is 31.2 Å². The van der Waals surface area contributed by atoms with Crippen LogP contribution in [0.2, 0.25) is 5.28 Å². The Morgan fingerprint density at radius 2 is 1.91 bits per heavy atom. The third kappa shape index (κ3) is 3.17. The van der Waals surface area contributed by atoms with Crippen LogP contribution in [-0.2, 0) is 0 Å². The molecule has 6 nitrogen and oxygen atoms in total. The Kier molecular flexibility index (Phi) is 3.93.